The van der Waals surface area contributed by atoms with Crippen molar-refractivity contribution in [2.45, 2.75) is 25.3 Å². The van der Waals surface area contributed by atoms with Gasteiger partial charge in [-0.05, 0) is 68.7 Å². The molecular weight excluding hydrogens is 354 g/mol. The molecule has 3 nitrogen and oxygen atoms in total. The Morgan fingerprint density at radius 3 is 2.78 bits per heavy atom. The van der Waals surface area contributed by atoms with E-state index >= 15 is 0 Å². The van der Waals surface area contributed by atoms with Gasteiger partial charge in [0.15, 0.2) is 0 Å². The average Bonchev–Trinajstić information content (AvgIpc) is 2.56. The topological polar surface area (TPSA) is 49.3 Å². The van der Waals surface area contributed by atoms with Crippen molar-refractivity contribution in [3.05, 3.63) is 69.2 Å². The van der Waals surface area contributed by atoms with Crippen molar-refractivity contribution < 1.29 is 9.90 Å². The van der Waals surface area contributed by atoms with Gasteiger partial charge in [0, 0.05) is 0 Å². The molecule has 0 aromatic heterocycles. The van der Waals surface area contributed by atoms with E-state index in [1.807, 2.05) is 18.2 Å². The molecule has 2 N–H and O–H groups in total. The number of hydrogen-bond acceptors (Lipinski definition) is 2. The quantitative estimate of drug-likeness (QED) is 0.794. The number of aryl methyl sites for hydroxylation is 1. The van der Waals surface area contributed by atoms with Gasteiger partial charge in [0.05, 0.1) is 16.9 Å². The highest BCUT2D eigenvalue weighted by Crippen LogP contribution is 2.42. The molecule has 1 unspecified atom stereocenters. The fraction of sp³-hybridized carbons (Fsp3) is 0.211. The van der Waals surface area contributed by atoms with Crippen LogP contribution < -0.4 is 5.32 Å². The summed E-state index contributed by atoms with van der Waals surface area (Å²) in [4.78, 5) is 12.3. The standard InChI is InChI=1S/C19H16BrNO2/c20-16-9-12(6-8-17(16)22)19-14-7-5-11-3-1-2-4-13(11)15(14)10-18(23)21-19/h1-4,6,8-9,19,22H,5,7,10H2,(H,21,23). The van der Waals surface area contributed by atoms with Crippen molar-refractivity contribution in [2.75, 3.05) is 0 Å². The van der Waals surface area contributed by atoms with E-state index in [4.69, 9.17) is 0 Å². The van der Waals surface area contributed by atoms with E-state index in [-0.39, 0.29) is 17.7 Å². The summed E-state index contributed by atoms with van der Waals surface area (Å²) in [6, 6.07) is 13.7. The van der Waals surface area contributed by atoms with Gasteiger partial charge in [-0.2, -0.15) is 0 Å². The number of nitrogens with one attached hydrogen (secondary N) is 1. The number of carbonyl (C=O) groups excluding carboxylic acids is 1. The first-order chi connectivity index (χ1) is 11.1. The van der Waals surface area contributed by atoms with Crippen LogP contribution in [0.4, 0.5) is 0 Å². The van der Waals surface area contributed by atoms with Crippen LogP contribution in [0.25, 0.3) is 5.57 Å². The summed E-state index contributed by atoms with van der Waals surface area (Å²) in [5.74, 6) is 0.258. The molecular formula is C19H16BrNO2. The summed E-state index contributed by atoms with van der Waals surface area (Å²) in [5.41, 5.74) is 6.00. The van der Waals surface area contributed by atoms with Crippen LogP contribution in [0.15, 0.2) is 52.5 Å². The largest absolute Gasteiger partial charge is 0.507 e. The monoisotopic (exact) mass is 369 g/mol. The normalized spacial score (nSPS) is 19.9. The minimum absolute atomic E-state index is 0.0506. The highest BCUT2D eigenvalue weighted by Gasteiger charge is 2.32. The number of carbonyl (C=O) groups is 1. The second-order valence-electron chi connectivity index (χ2n) is 6.05. The second kappa shape index (κ2) is 5.53. The number of phenolic OH excluding ortho intramolecular Hbond substituents is 1. The number of rotatable bonds is 1. The van der Waals surface area contributed by atoms with E-state index in [9.17, 15) is 9.90 Å². The lowest BCUT2D eigenvalue weighted by atomic mass is 9.77. The smallest absolute Gasteiger partial charge is 0.225 e. The summed E-state index contributed by atoms with van der Waals surface area (Å²) >= 11 is 3.36. The third kappa shape index (κ3) is 2.47. The number of benzene rings is 2. The predicted octanol–water partition coefficient (Wildman–Crippen LogP) is 4.12. The molecule has 0 fully saturated rings. The summed E-state index contributed by atoms with van der Waals surface area (Å²) in [6.07, 6.45) is 2.40. The molecule has 2 aromatic carbocycles. The minimum atomic E-state index is -0.114. The molecule has 0 saturated heterocycles. The van der Waals surface area contributed by atoms with E-state index in [1.165, 1.54) is 22.3 Å². The van der Waals surface area contributed by atoms with Crippen molar-refractivity contribution in [3.8, 4) is 5.75 Å². The highest BCUT2D eigenvalue weighted by atomic mass is 79.9. The van der Waals surface area contributed by atoms with Gasteiger partial charge in [0.2, 0.25) is 5.91 Å². The number of amides is 1. The Hall–Kier alpha value is -2.07. The van der Waals surface area contributed by atoms with Gasteiger partial charge in [-0.15, -0.1) is 0 Å². The van der Waals surface area contributed by atoms with Crippen molar-refractivity contribution in [1.29, 1.82) is 0 Å². The van der Waals surface area contributed by atoms with E-state index in [2.05, 4.69) is 39.4 Å². The predicted molar refractivity (Wildman–Crippen MR) is 93.0 cm³/mol. The third-order valence-corrected chi connectivity index (χ3v) is 5.33. The molecule has 2 aliphatic rings. The molecule has 0 spiro atoms. The second-order valence-corrected chi connectivity index (χ2v) is 6.90. The van der Waals surface area contributed by atoms with Gasteiger partial charge in [-0.3, -0.25) is 4.79 Å². The fourth-order valence-corrected chi connectivity index (χ4v) is 4.00. The van der Waals surface area contributed by atoms with Crippen LogP contribution >= 0.6 is 15.9 Å². The molecule has 1 aliphatic heterocycles. The van der Waals surface area contributed by atoms with Gasteiger partial charge in [-0.1, -0.05) is 30.3 Å². The maximum Gasteiger partial charge on any atom is 0.225 e. The molecule has 4 rings (SSSR count). The van der Waals surface area contributed by atoms with Gasteiger partial charge >= 0.3 is 0 Å². The average molecular weight is 370 g/mol. The van der Waals surface area contributed by atoms with Crippen molar-refractivity contribution in [2.24, 2.45) is 0 Å². The van der Waals surface area contributed by atoms with Gasteiger partial charge in [0.1, 0.15) is 5.75 Å². The molecule has 0 bridgehead atoms. The summed E-state index contributed by atoms with van der Waals surface area (Å²) in [7, 11) is 0. The number of hydrogen-bond donors (Lipinski definition) is 2. The SMILES string of the molecule is O=C1CC2=C(CCc3ccccc32)C(c2ccc(O)c(Br)c2)N1. The van der Waals surface area contributed by atoms with Crippen LogP contribution in [0, 0.1) is 0 Å². The lowest BCUT2D eigenvalue weighted by Crippen LogP contribution is -2.35. The first-order valence-corrected chi connectivity index (χ1v) is 8.51. The van der Waals surface area contributed by atoms with Gasteiger partial charge in [0.25, 0.3) is 0 Å². The molecule has 116 valence electrons. The zero-order valence-electron chi connectivity index (χ0n) is 12.5. The highest BCUT2D eigenvalue weighted by molar-refractivity contribution is 9.10. The molecule has 1 atom stereocenters. The Labute approximate surface area is 143 Å². The molecule has 2 aromatic rings. The lowest BCUT2D eigenvalue weighted by molar-refractivity contribution is -0.121. The molecule has 4 heteroatoms. The van der Waals surface area contributed by atoms with Gasteiger partial charge < -0.3 is 10.4 Å². The number of phenols is 1. The fourth-order valence-electron chi connectivity index (χ4n) is 3.60. The Kier molecular flexibility index (Phi) is 3.49. The first-order valence-electron chi connectivity index (χ1n) is 7.71. The van der Waals surface area contributed by atoms with Gasteiger partial charge in [-0.25, -0.2) is 0 Å². The molecule has 1 heterocycles. The van der Waals surface area contributed by atoms with Crippen molar-refractivity contribution in [3.63, 3.8) is 0 Å². The number of halogens is 1. The maximum absolute atomic E-state index is 12.3. The third-order valence-electron chi connectivity index (χ3n) is 4.69. The summed E-state index contributed by atoms with van der Waals surface area (Å²) in [5, 5.41) is 12.8. The van der Waals surface area contributed by atoms with Crippen LogP contribution in [0.3, 0.4) is 0 Å². The molecule has 1 amide bonds. The summed E-state index contributed by atoms with van der Waals surface area (Å²) in [6.45, 7) is 0. The zero-order chi connectivity index (χ0) is 16.0. The Balaban J connectivity index is 1.85. The first kappa shape index (κ1) is 14.5. The Bertz CT molecular complexity index is 841. The van der Waals surface area contributed by atoms with E-state index in [1.54, 1.807) is 6.07 Å². The van der Waals surface area contributed by atoms with Crippen LogP contribution in [-0.2, 0) is 11.2 Å². The molecule has 23 heavy (non-hydrogen) atoms. The molecule has 0 saturated carbocycles. The van der Waals surface area contributed by atoms with Crippen molar-refractivity contribution in [1.82, 2.24) is 5.32 Å². The maximum atomic E-state index is 12.3. The van der Waals surface area contributed by atoms with E-state index in [0.717, 1.165) is 18.4 Å². The van der Waals surface area contributed by atoms with Crippen LogP contribution in [0.1, 0.15) is 35.6 Å². The number of fused-ring (bicyclic) bond motifs is 2. The minimum Gasteiger partial charge on any atom is -0.507 e. The molecule has 1 aliphatic carbocycles. The summed E-state index contributed by atoms with van der Waals surface area (Å²) < 4.78 is 0.646. The number of aromatic hydroxyl groups is 1. The molecule has 0 radical (unpaired) electrons. The van der Waals surface area contributed by atoms with Crippen LogP contribution in [0.5, 0.6) is 5.75 Å². The Morgan fingerprint density at radius 2 is 1.96 bits per heavy atom. The van der Waals surface area contributed by atoms with E-state index < -0.39 is 0 Å². The Morgan fingerprint density at radius 1 is 1.13 bits per heavy atom. The van der Waals surface area contributed by atoms with E-state index in [0.29, 0.717) is 10.9 Å². The van der Waals surface area contributed by atoms with Crippen molar-refractivity contribution >= 4 is 27.4 Å². The lowest BCUT2D eigenvalue weighted by Gasteiger charge is -2.34. The zero-order valence-corrected chi connectivity index (χ0v) is 14.1. The van der Waals surface area contributed by atoms with Crippen LogP contribution in [0.2, 0.25) is 0 Å². The van der Waals surface area contributed by atoms with Crippen LogP contribution in [-0.4, -0.2) is 11.0 Å².